The second-order valence-corrected chi connectivity index (χ2v) is 8.06. The Hall–Kier alpha value is -2.06. The summed E-state index contributed by atoms with van der Waals surface area (Å²) < 4.78 is 32.3. The van der Waals surface area contributed by atoms with Gasteiger partial charge in [-0.05, 0) is 36.8 Å². The van der Waals surface area contributed by atoms with E-state index in [2.05, 4.69) is 10.0 Å². The van der Waals surface area contributed by atoms with Crippen molar-refractivity contribution in [3.05, 3.63) is 46.8 Å². The van der Waals surface area contributed by atoms with E-state index in [1.54, 1.807) is 36.4 Å². The maximum Gasteiger partial charge on any atom is 0.407 e. The van der Waals surface area contributed by atoms with E-state index in [0.717, 1.165) is 10.4 Å². The van der Waals surface area contributed by atoms with Crippen molar-refractivity contribution in [1.29, 1.82) is 0 Å². The van der Waals surface area contributed by atoms with Crippen molar-refractivity contribution in [3.8, 4) is 0 Å². The highest BCUT2D eigenvalue weighted by atomic mass is 32.2. The van der Waals surface area contributed by atoms with E-state index in [4.69, 9.17) is 4.74 Å². The Balaban J connectivity index is 1.75. The number of benzene rings is 1. The fourth-order valence-electron chi connectivity index (χ4n) is 2.10. The summed E-state index contributed by atoms with van der Waals surface area (Å²) >= 11 is 1.22. The summed E-state index contributed by atoms with van der Waals surface area (Å²) in [6, 6.07) is 10.1. The number of nitrogens with one attached hydrogen (secondary N) is 2. The number of aryl methyl sites for hydroxylation is 1. The minimum absolute atomic E-state index is 0.281. The molecule has 1 aromatic heterocycles. The topological polar surface area (TPSA) is 84.5 Å². The van der Waals surface area contributed by atoms with Crippen molar-refractivity contribution in [3.63, 3.8) is 0 Å². The highest BCUT2D eigenvalue weighted by molar-refractivity contribution is 7.94. The molecule has 1 aromatic carbocycles. The smallest absolute Gasteiger partial charge is 0.407 e. The predicted molar refractivity (Wildman–Crippen MR) is 83.5 cm³/mol. The number of ether oxygens (including phenoxy) is 1. The van der Waals surface area contributed by atoms with Gasteiger partial charge in [-0.1, -0.05) is 12.1 Å². The molecule has 2 N–H and O–H groups in total. The number of rotatable bonds is 4. The molecule has 8 heteroatoms. The Bertz CT molecular complexity index is 797. The zero-order valence-electron chi connectivity index (χ0n) is 11.7. The van der Waals surface area contributed by atoms with Crippen molar-refractivity contribution in [2.75, 3.05) is 11.3 Å². The number of thiophene rings is 1. The predicted octanol–water partition coefficient (Wildman–Crippen LogP) is 2.64. The molecule has 1 atom stereocenters. The molecule has 116 valence electrons. The van der Waals surface area contributed by atoms with E-state index in [0.29, 0.717) is 12.2 Å². The molecule has 1 unspecified atom stereocenters. The lowest BCUT2D eigenvalue weighted by Crippen LogP contribution is -2.12. The number of alkyl carbamates (subject to hydrolysis) is 1. The lowest BCUT2D eigenvalue weighted by atomic mass is 10.1. The average Bonchev–Trinajstić information content (AvgIpc) is 3.08. The molecule has 6 nitrogen and oxygen atoms in total. The van der Waals surface area contributed by atoms with Crippen LogP contribution in [0.3, 0.4) is 0 Å². The fraction of sp³-hybridized carbons (Fsp3) is 0.214. The molecule has 2 aromatic rings. The second kappa shape index (κ2) is 5.62. The van der Waals surface area contributed by atoms with Crippen molar-refractivity contribution < 1.29 is 17.9 Å². The zero-order chi connectivity index (χ0) is 15.7. The van der Waals surface area contributed by atoms with Crippen molar-refractivity contribution in [2.24, 2.45) is 0 Å². The molecule has 22 heavy (non-hydrogen) atoms. The highest BCUT2D eigenvalue weighted by Crippen LogP contribution is 2.25. The van der Waals surface area contributed by atoms with Gasteiger partial charge in [0.15, 0.2) is 0 Å². The maximum atomic E-state index is 12.2. The van der Waals surface area contributed by atoms with Crippen LogP contribution in [0.2, 0.25) is 0 Å². The van der Waals surface area contributed by atoms with Crippen LogP contribution in [-0.4, -0.2) is 21.1 Å². The fourth-order valence-corrected chi connectivity index (χ4v) is 4.44. The number of carbonyl (C=O) groups is 1. The Kier molecular flexibility index (Phi) is 3.79. The quantitative estimate of drug-likeness (QED) is 0.897. The number of hydrogen-bond donors (Lipinski definition) is 2. The molecule has 0 aliphatic carbocycles. The monoisotopic (exact) mass is 338 g/mol. The van der Waals surface area contributed by atoms with Gasteiger partial charge in [0.2, 0.25) is 0 Å². The molecule has 3 rings (SSSR count). The number of anilines is 1. The Labute approximate surface area is 132 Å². The molecular weight excluding hydrogens is 324 g/mol. The van der Waals surface area contributed by atoms with Crippen molar-refractivity contribution >= 4 is 33.1 Å². The van der Waals surface area contributed by atoms with Gasteiger partial charge in [0.25, 0.3) is 10.0 Å². The summed E-state index contributed by atoms with van der Waals surface area (Å²) in [7, 11) is -3.56. The Morgan fingerprint density at radius 2 is 1.95 bits per heavy atom. The summed E-state index contributed by atoms with van der Waals surface area (Å²) in [5, 5.41) is 2.57. The molecule has 2 heterocycles. The first kappa shape index (κ1) is 14.9. The van der Waals surface area contributed by atoms with E-state index in [1.165, 1.54) is 11.3 Å². The molecule has 0 spiro atoms. The summed E-state index contributed by atoms with van der Waals surface area (Å²) in [5.41, 5.74) is 1.28. The molecular formula is C14H14N2O4S2. The highest BCUT2D eigenvalue weighted by Gasteiger charge is 2.24. The van der Waals surface area contributed by atoms with Crippen LogP contribution in [0.4, 0.5) is 10.5 Å². The number of sulfonamides is 1. The van der Waals surface area contributed by atoms with Crippen molar-refractivity contribution in [2.45, 2.75) is 17.2 Å². The van der Waals surface area contributed by atoms with Crippen LogP contribution in [0.15, 0.2) is 40.6 Å². The lowest BCUT2D eigenvalue weighted by Gasteiger charge is -2.10. The molecule has 1 fully saturated rings. The Morgan fingerprint density at radius 3 is 2.50 bits per heavy atom. The van der Waals surface area contributed by atoms with E-state index in [1.807, 2.05) is 6.92 Å². The van der Waals surface area contributed by atoms with Gasteiger partial charge in [-0.15, -0.1) is 11.3 Å². The summed E-state index contributed by atoms with van der Waals surface area (Å²) in [4.78, 5) is 12.0. The third-order valence-electron chi connectivity index (χ3n) is 3.20. The molecule has 0 radical (unpaired) electrons. The van der Waals surface area contributed by atoms with Gasteiger partial charge >= 0.3 is 6.09 Å². The first-order valence-corrected chi connectivity index (χ1v) is 8.88. The van der Waals surface area contributed by atoms with Crippen LogP contribution in [0.1, 0.15) is 16.5 Å². The Morgan fingerprint density at radius 1 is 1.23 bits per heavy atom. The first-order valence-electron chi connectivity index (χ1n) is 6.58. The third-order valence-corrected chi connectivity index (χ3v) is 6.07. The van der Waals surface area contributed by atoms with E-state index >= 15 is 0 Å². The van der Waals surface area contributed by atoms with E-state index in [9.17, 15) is 13.2 Å². The van der Waals surface area contributed by atoms with Crippen LogP contribution in [-0.2, 0) is 14.8 Å². The lowest BCUT2D eigenvalue weighted by molar-refractivity contribution is 0.141. The molecule has 1 aliphatic heterocycles. The summed E-state index contributed by atoms with van der Waals surface area (Å²) in [5.74, 6) is 0. The van der Waals surface area contributed by atoms with E-state index in [-0.39, 0.29) is 10.3 Å². The van der Waals surface area contributed by atoms with E-state index < -0.39 is 16.1 Å². The number of cyclic esters (lactones) is 1. The minimum atomic E-state index is -3.56. The maximum absolute atomic E-state index is 12.2. The molecule has 1 aliphatic rings. The van der Waals surface area contributed by atoms with Crippen LogP contribution in [0.25, 0.3) is 0 Å². The minimum Gasteiger partial charge on any atom is -0.439 e. The van der Waals surface area contributed by atoms with Gasteiger partial charge in [0.05, 0.1) is 6.54 Å². The number of carbonyl (C=O) groups excluding carboxylic acids is 1. The third kappa shape index (κ3) is 3.07. The van der Waals surface area contributed by atoms with Gasteiger partial charge < -0.3 is 10.1 Å². The molecule has 1 saturated heterocycles. The van der Waals surface area contributed by atoms with Crippen LogP contribution < -0.4 is 10.0 Å². The number of amides is 1. The van der Waals surface area contributed by atoms with Crippen LogP contribution >= 0.6 is 11.3 Å². The molecule has 0 bridgehead atoms. The average molecular weight is 338 g/mol. The van der Waals surface area contributed by atoms with Gasteiger partial charge in [-0.25, -0.2) is 13.2 Å². The SMILES string of the molecule is Cc1ccc(S(=O)(=O)Nc2ccc(C3CNC(=O)O3)cc2)s1. The van der Waals surface area contributed by atoms with Gasteiger partial charge in [-0.3, -0.25) is 4.72 Å². The summed E-state index contributed by atoms with van der Waals surface area (Å²) in [6.45, 7) is 2.27. The number of hydrogen-bond acceptors (Lipinski definition) is 5. The largest absolute Gasteiger partial charge is 0.439 e. The zero-order valence-corrected chi connectivity index (χ0v) is 13.3. The first-order chi connectivity index (χ1) is 10.4. The van der Waals surface area contributed by atoms with Crippen molar-refractivity contribution in [1.82, 2.24) is 5.32 Å². The second-order valence-electron chi connectivity index (χ2n) is 4.87. The van der Waals surface area contributed by atoms with Gasteiger partial charge in [-0.2, -0.15) is 0 Å². The summed E-state index contributed by atoms with van der Waals surface area (Å²) in [6.07, 6.45) is -0.777. The molecule has 1 amide bonds. The standard InChI is InChI=1S/C14H14N2O4S2/c1-9-2-7-13(21-9)22(18,19)16-11-5-3-10(4-6-11)12-8-15-14(17)20-12/h2-7,12,16H,8H2,1H3,(H,15,17). The van der Waals surface area contributed by atoms with Gasteiger partial charge in [0.1, 0.15) is 10.3 Å². The molecule has 0 saturated carbocycles. The van der Waals surface area contributed by atoms with Gasteiger partial charge in [0, 0.05) is 10.6 Å². The normalized spacial score (nSPS) is 17.9. The van der Waals surface area contributed by atoms with Crippen LogP contribution in [0.5, 0.6) is 0 Å². The van der Waals surface area contributed by atoms with Crippen LogP contribution in [0, 0.1) is 6.92 Å².